The molecule has 0 bridgehead atoms. The number of urea groups is 1. The number of methoxy groups -OCH3 is 1. The SMILES string of the molecule is CCCCCCNC(=O)Nc1ccc(OC)c(N(CC)S(=O)(=O)c2ccccc2N=Nc2c(N)ccc3cc(S(=O)(=O)[O-])cc(O)c23)c1.[Na+]. The summed E-state index contributed by atoms with van der Waals surface area (Å²) < 4.78 is 69.7. The number of amides is 2. The van der Waals surface area contributed by atoms with E-state index in [0.29, 0.717) is 12.2 Å². The molecule has 4 rings (SSSR count). The monoisotopic (exact) mass is 720 g/mol. The van der Waals surface area contributed by atoms with Crippen molar-refractivity contribution in [2.75, 3.05) is 35.6 Å². The second-order valence-electron chi connectivity index (χ2n) is 10.7. The molecule has 4 aromatic rings. The van der Waals surface area contributed by atoms with Gasteiger partial charge in [-0.15, -0.1) is 10.2 Å². The Labute approximate surface area is 307 Å². The number of aromatic hydroxyl groups is 1. The van der Waals surface area contributed by atoms with E-state index in [4.69, 9.17) is 10.5 Å². The topological polar surface area (TPSA) is 216 Å². The average Bonchev–Trinajstić information content (AvgIpc) is 3.04. The van der Waals surface area contributed by atoms with E-state index >= 15 is 0 Å². The summed E-state index contributed by atoms with van der Waals surface area (Å²) in [5, 5.41) is 24.7. The van der Waals surface area contributed by atoms with Gasteiger partial charge in [-0.05, 0) is 67.3 Å². The van der Waals surface area contributed by atoms with E-state index in [9.17, 15) is 31.3 Å². The Balaban J connectivity index is 0.00000650. The molecule has 0 heterocycles. The van der Waals surface area contributed by atoms with Gasteiger partial charge in [0.15, 0.2) is 0 Å². The van der Waals surface area contributed by atoms with Crippen LogP contribution in [0.1, 0.15) is 39.5 Å². The minimum atomic E-state index is -4.87. The number of benzene rings is 4. The van der Waals surface area contributed by atoms with Crippen molar-refractivity contribution in [3.05, 3.63) is 66.7 Å². The fraction of sp³-hybridized carbons (Fsp3) is 0.281. The fourth-order valence-corrected chi connectivity index (χ4v) is 7.14. The van der Waals surface area contributed by atoms with Crippen LogP contribution in [0.4, 0.5) is 33.2 Å². The summed E-state index contributed by atoms with van der Waals surface area (Å²) in [4.78, 5) is 11.7. The number of anilines is 3. The molecular formula is C32H37N6NaO8S2. The van der Waals surface area contributed by atoms with Crippen LogP contribution in [-0.2, 0) is 20.1 Å². The van der Waals surface area contributed by atoms with E-state index in [0.717, 1.165) is 42.1 Å². The van der Waals surface area contributed by atoms with Gasteiger partial charge in [-0.2, -0.15) is 0 Å². The van der Waals surface area contributed by atoms with Crippen LogP contribution in [0.2, 0.25) is 0 Å². The minimum absolute atomic E-state index is 0. The molecule has 0 atom stereocenters. The number of nitrogens with two attached hydrogens (primary N) is 1. The Hall–Kier alpha value is -3.93. The van der Waals surface area contributed by atoms with Crippen LogP contribution in [0.3, 0.4) is 0 Å². The number of phenols is 1. The number of phenolic OH excluding ortho intramolecular Hbond substituents is 1. The van der Waals surface area contributed by atoms with Crippen molar-refractivity contribution < 1.29 is 65.6 Å². The molecule has 0 aromatic heterocycles. The number of carbonyl (C=O) groups is 1. The van der Waals surface area contributed by atoms with Crippen LogP contribution in [0.5, 0.6) is 11.5 Å². The number of rotatable bonds is 14. The second-order valence-corrected chi connectivity index (χ2v) is 13.9. The van der Waals surface area contributed by atoms with Crippen molar-refractivity contribution in [1.29, 1.82) is 0 Å². The summed E-state index contributed by atoms with van der Waals surface area (Å²) in [5.41, 5.74) is 6.55. The summed E-state index contributed by atoms with van der Waals surface area (Å²) in [6.45, 7) is 4.22. The van der Waals surface area contributed by atoms with Crippen molar-refractivity contribution in [3.63, 3.8) is 0 Å². The molecular weight excluding hydrogens is 684 g/mol. The average molecular weight is 721 g/mol. The van der Waals surface area contributed by atoms with Gasteiger partial charge in [0.05, 0.1) is 28.8 Å². The quantitative estimate of drug-likeness (QED) is 0.0493. The van der Waals surface area contributed by atoms with E-state index in [-0.39, 0.29) is 80.3 Å². The van der Waals surface area contributed by atoms with Gasteiger partial charge in [0.25, 0.3) is 10.0 Å². The molecule has 0 fully saturated rings. The summed E-state index contributed by atoms with van der Waals surface area (Å²) in [5.74, 6) is -0.337. The minimum Gasteiger partial charge on any atom is -0.744 e. The first-order chi connectivity index (χ1) is 22.8. The number of nitrogens with one attached hydrogen (secondary N) is 2. The van der Waals surface area contributed by atoms with E-state index in [1.807, 2.05) is 0 Å². The van der Waals surface area contributed by atoms with Crippen LogP contribution >= 0.6 is 0 Å². The first-order valence-electron chi connectivity index (χ1n) is 15.1. The Morgan fingerprint density at radius 2 is 1.71 bits per heavy atom. The molecule has 14 nitrogen and oxygen atoms in total. The van der Waals surface area contributed by atoms with Crippen LogP contribution in [-0.4, -0.2) is 52.7 Å². The first-order valence-corrected chi connectivity index (χ1v) is 17.9. The van der Waals surface area contributed by atoms with Gasteiger partial charge in [-0.25, -0.2) is 21.6 Å². The smallest absolute Gasteiger partial charge is 0.744 e. The fourth-order valence-electron chi connectivity index (χ4n) is 5.01. The third-order valence-electron chi connectivity index (χ3n) is 7.36. The zero-order chi connectivity index (χ0) is 35.1. The molecule has 0 spiro atoms. The molecule has 4 aromatic carbocycles. The molecule has 0 saturated carbocycles. The largest absolute Gasteiger partial charge is 1.00 e. The van der Waals surface area contributed by atoms with Gasteiger partial charge in [0.1, 0.15) is 37.9 Å². The second kappa shape index (κ2) is 17.1. The Morgan fingerprint density at radius 3 is 2.39 bits per heavy atom. The number of nitrogen functional groups attached to an aromatic ring is 1. The number of sulfonamides is 1. The van der Waals surface area contributed by atoms with Gasteiger partial charge >= 0.3 is 35.6 Å². The molecule has 5 N–H and O–H groups in total. The Bertz CT molecular complexity index is 2060. The van der Waals surface area contributed by atoms with E-state index in [1.165, 1.54) is 43.5 Å². The molecule has 0 saturated heterocycles. The molecule has 17 heteroatoms. The standard InChI is InChI=1S/C32H38N6O8S2.Na/c1-4-6-7-10-17-34-32(40)35-22-14-16-28(46-3)26(19-22)38(5-2)47(41,42)29-12-9-8-11-25(29)36-37-31-24(33)15-13-21-18-23(48(43,44)45)20-27(39)30(21)31;/h8-9,11-16,18-20,39H,4-7,10,17,33H2,1-3H3,(H2,34,35,40)(H,43,44,45);/q;+1/p-1. The zero-order valence-corrected chi connectivity index (χ0v) is 31.3. The number of azo groups is 1. The molecule has 0 aliphatic rings. The molecule has 0 radical (unpaired) electrons. The van der Waals surface area contributed by atoms with Gasteiger partial charge in [0, 0.05) is 18.8 Å². The number of nitrogens with zero attached hydrogens (tertiary/aromatic N) is 3. The van der Waals surface area contributed by atoms with Gasteiger partial charge < -0.3 is 30.8 Å². The number of fused-ring (bicyclic) bond motifs is 1. The maximum Gasteiger partial charge on any atom is 1.00 e. The van der Waals surface area contributed by atoms with E-state index < -0.39 is 36.8 Å². The third kappa shape index (κ3) is 9.40. The van der Waals surface area contributed by atoms with Crippen molar-refractivity contribution >= 4 is 65.4 Å². The van der Waals surface area contributed by atoms with Crippen LogP contribution < -0.4 is 55.0 Å². The predicted octanol–water partition coefficient (Wildman–Crippen LogP) is 3.38. The van der Waals surface area contributed by atoms with Gasteiger partial charge in [0.2, 0.25) is 0 Å². The van der Waals surface area contributed by atoms with Crippen molar-refractivity contribution in [3.8, 4) is 11.5 Å². The number of hydrogen-bond donors (Lipinski definition) is 4. The van der Waals surface area contributed by atoms with Crippen molar-refractivity contribution in [2.24, 2.45) is 10.2 Å². The van der Waals surface area contributed by atoms with Crippen LogP contribution in [0.25, 0.3) is 10.8 Å². The van der Waals surface area contributed by atoms with E-state index in [1.54, 1.807) is 25.1 Å². The Kier molecular flexibility index (Phi) is 13.8. The van der Waals surface area contributed by atoms with Crippen LogP contribution in [0, 0.1) is 0 Å². The van der Waals surface area contributed by atoms with Gasteiger partial charge in [-0.3, -0.25) is 4.31 Å². The zero-order valence-electron chi connectivity index (χ0n) is 27.6. The summed E-state index contributed by atoms with van der Waals surface area (Å²) in [6, 6.07) is 14.7. The molecule has 0 aliphatic heterocycles. The molecule has 0 aliphatic carbocycles. The van der Waals surface area contributed by atoms with E-state index in [2.05, 4.69) is 27.8 Å². The number of unbranched alkanes of at least 4 members (excludes halogenated alkanes) is 3. The molecule has 256 valence electrons. The predicted molar refractivity (Wildman–Crippen MR) is 183 cm³/mol. The maximum absolute atomic E-state index is 14.2. The Morgan fingerprint density at radius 1 is 0.980 bits per heavy atom. The third-order valence-corrected chi connectivity index (χ3v) is 10.1. The molecule has 0 unspecified atom stereocenters. The summed E-state index contributed by atoms with van der Waals surface area (Å²) in [6.07, 6.45) is 4.00. The number of hydrogen-bond acceptors (Lipinski definition) is 11. The summed E-state index contributed by atoms with van der Waals surface area (Å²) in [7, 11) is -7.80. The molecule has 49 heavy (non-hydrogen) atoms. The summed E-state index contributed by atoms with van der Waals surface area (Å²) >= 11 is 0. The van der Waals surface area contributed by atoms with Crippen LogP contribution in [0.15, 0.2) is 86.7 Å². The maximum atomic E-state index is 14.2. The van der Waals surface area contributed by atoms with Crippen molar-refractivity contribution in [2.45, 2.75) is 49.3 Å². The first kappa shape index (κ1) is 39.5. The van der Waals surface area contributed by atoms with Gasteiger partial charge in [-0.1, -0.05) is 44.4 Å². The number of carbonyl (C=O) groups excluding carboxylic acids is 1. The molecule has 2 amide bonds. The van der Waals surface area contributed by atoms with Crippen molar-refractivity contribution in [1.82, 2.24) is 5.32 Å². The normalized spacial score (nSPS) is 11.7. The number of ether oxygens (including phenoxy) is 1.